The van der Waals surface area contributed by atoms with Gasteiger partial charge in [0.15, 0.2) is 5.82 Å². The molecule has 0 aliphatic heterocycles. The van der Waals surface area contributed by atoms with Gasteiger partial charge in [-0.2, -0.15) is 10.4 Å². The zero-order chi connectivity index (χ0) is 18.2. The molecule has 0 spiro atoms. The molecule has 25 heavy (non-hydrogen) atoms. The third kappa shape index (κ3) is 3.16. The lowest BCUT2D eigenvalue weighted by molar-refractivity contribution is 0.122. The molecule has 0 radical (unpaired) electrons. The number of benzene rings is 1. The van der Waals surface area contributed by atoms with Gasteiger partial charge < -0.3 is 4.98 Å². The fourth-order valence-corrected chi connectivity index (χ4v) is 3.52. The minimum Gasteiger partial charge on any atom is -0.360 e. The van der Waals surface area contributed by atoms with E-state index in [1.807, 2.05) is 4.72 Å². The molecular weight excluding hydrogens is 359 g/mol. The number of aromatic amines is 1. The molecule has 0 saturated carbocycles. The topological polar surface area (TPSA) is 104 Å². The van der Waals surface area contributed by atoms with Crippen LogP contribution in [0.15, 0.2) is 35.5 Å². The molecule has 2 N–H and O–H groups in total. The van der Waals surface area contributed by atoms with E-state index in [1.165, 1.54) is 12.1 Å². The second kappa shape index (κ2) is 6.14. The first kappa shape index (κ1) is 16.8. The summed E-state index contributed by atoms with van der Waals surface area (Å²) in [6.07, 6.45) is -0.628. The van der Waals surface area contributed by atoms with Crippen molar-refractivity contribution in [1.29, 1.82) is 5.26 Å². The maximum absolute atomic E-state index is 14.0. The zero-order valence-corrected chi connectivity index (χ0v) is 13.2. The Kier molecular flexibility index (Phi) is 4.13. The molecule has 130 valence electrons. The number of nitrogens with zero attached hydrogens (tertiary/aromatic N) is 3. The maximum Gasteiger partial charge on any atom is 0.265 e. The Bertz CT molecular complexity index is 1080. The number of alkyl halides is 2. The number of aromatic nitrogens is 3. The zero-order valence-electron chi connectivity index (χ0n) is 12.4. The van der Waals surface area contributed by atoms with Gasteiger partial charge in [0.1, 0.15) is 28.9 Å². The summed E-state index contributed by atoms with van der Waals surface area (Å²) in [7, 11) is -4.30. The first-order chi connectivity index (χ1) is 11.8. The predicted molar refractivity (Wildman–Crippen MR) is 82.0 cm³/mol. The molecule has 0 fully saturated rings. The number of hydrogen-bond donors (Lipinski definition) is 2. The lowest BCUT2D eigenvalue weighted by Crippen LogP contribution is -2.15. The maximum atomic E-state index is 14.0. The Morgan fingerprint density at radius 1 is 1.40 bits per heavy atom. The van der Waals surface area contributed by atoms with Gasteiger partial charge >= 0.3 is 0 Å². The highest BCUT2D eigenvalue weighted by Gasteiger charge is 2.24. The van der Waals surface area contributed by atoms with Gasteiger partial charge in [0.05, 0.1) is 5.39 Å². The largest absolute Gasteiger partial charge is 0.360 e. The van der Waals surface area contributed by atoms with Crippen LogP contribution in [0.25, 0.3) is 10.9 Å². The molecule has 3 aromatic rings. The van der Waals surface area contributed by atoms with Crippen molar-refractivity contribution in [2.45, 2.75) is 17.9 Å². The molecule has 0 aliphatic rings. The van der Waals surface area contributed by atoms with Crippen molar-refractivity contribution in [3.63, 3.8) is 0 Å². The molecule has 0 unspecified atom stereocenters. The highest BCUT2D eigenvalue weighted by Crippen LogP contribution is 2.27. The molecule has 0 bridgehead atoms. The summed E-state index contributed by atoms with van der Waals surface area (Å²) in [4.78, 5) is 2.25. The normalized spacial score (nSPS) is 11.8. The fourth-order valence-electron chi connectivity index (χ4n) is 2.32. The average molecular weight is 369 g/mol. The molecule has 0 amide bonds. The van der Waals surface area contributed by atoms with Crippen molar-refractivity contribution in [2.24, 2.45) is 0 Å². The van der Waals surface area contributed by atoms with Gasteiger partial charge in [0.25, 0.3) is 16.4 Å². The number of halogens is 3. The minimum absolute atomic E-state index is 0.152. The molecule has 0 aliphatic carbocycles. The second-order valence-electron chi connectivity index (χ2n) is 5.04. The Labute approximate surface area is 139 Å². The highest BCUT2D eigenvalue weighted by molar-refractivity contribution is 7.93. The Balaban J connectivity index is 2.02. The standard InChI is InChI=1S/C14H10F3N5O2S/c15-9-2-1-3-10-13(9)11(5-19-10)25(23,24)21-14-8(4-18)6-22(20-14)7-12(16)17/h1-3,5-6,12,19H,7H2,(H,20,21). The van der Waals surface area contributed by atoms with Crippen LogP contribution in [-0.4, -0.2) is 29.6 Å². The fraction of sp³-hybridized carbons (Fsp3) is 0.143. The third-order valence-corrected chi connectivity index (χ3v) is 4.71. The number of nitrogens with one attached hydrogen (secondary N) is 2. The number of nitriles is 1. The smallest absolute Gasteiger partial charge is 0.265 e. The predicted octanol–water partition coefficient (Wildman–Crippen LogP) is 2.44. The molecule has 0 atom stereocenters. The summed E-state index contributed by atoms with van der Waals surface area (Å²) in [5.74, 6) is -1.16. The van der Waals surface area contributed by atoms with E-state index in [0.29, 0.717) is 0 Å². The average Bonchev–Trinajstić information content (AvgIpc) is 3.11. The van der Waals surface area contributed by atoms with Crippen molar-refractivity contribution in [3.05, 3.63) is 42.0 Å². The van der Waals surface area contributed by atoms with Gasteiger partial charge in [-0.05, 0) is 12.1 Å². The Hall–Kier alpha value is -3.00. The van der Waals surface area contributed by atoms with Gasteiger partial charge in [-0.1, -0.05) is 6.07 Å². The summed E-state index contributed by atoms with van der Waals surface area (Å²) < 4.78 is 66.7. The monoisotopic (exact) mass is 369 g/mol. The van der Waals surface area contributed by atoms with Crippen LogP contribution in [0.5, 0.6) is 0 Å². The quantitative estimate of drug-likeness (QED) is 0.721. The summed E-state index contributed by atoms with van der Waals surface area (Å²) in [5.41, 5.74) is 0.0358. The van der Waals surface area contributed by atoms with Crippen LogP contribution in [0.4, 0.5) is 19.0 Å². The van der Waals surface area contributed by atoms with Gasteiger partial charge in [-0.15, -0.1) is 0 Å². The van der Waals surface area contributed by atoms with Crippen molar-refractivity contribution < 1.29 is 21.6 Å². The number of sulfonamides is 1. The summed E-state index contributed by atoms with van der Waals surface area (Å²) >= 11 is 0. The van der Waals surface area contributed by atoms with Gasteiger partial charge in [-0.25, -0.2) is 21.6 Å². The van der Waals surface area contributed by atoms with Gasteiger partial charge in [0.2, 0.25) is 0 Å². The number of fused-ring (bicyclic) bond motifs is 1. The van der Waals surface area contributed by atoms with E-state index < -0.39 is 34.6 Å². The molecule has 1 aromatic carbocycles. The van der Waals surface area contributed by atoms with Crippen LogP contribution in [-0.2, 0) is 16.6 Å². The van der Waals surface area contributed by atoms with Crippen molar-refractivity contribution in [1.82, 2.24) is 14.8 Å². The van der Waals surface area contributed by atoms with Crippen LogP contribution >= 0.6 is 0 Å². The molecule has 2 heterocycles. The summed E-state index contributed by atoms with van der Waals surface area (Å²) in [6, 6.07) is 5.68. The van der Waals surface area contributed by atoms with E-state index >= 15 is 0 Å². The Morgan fingerprint density at radius 2 is 2.16 bits per heavy atom. The van der Waals surface area contributed by atoms with E-state index in [1.54, 1.807) is 6.07 Å². The molecular formula is C14H10F3N5O2S. The SMILES string of the molecule is N#Cc1cn(CC(F)F)nc1NS(=O)(=O)c1c[nH]c2cccc(F)c12. The summed E-state index contributed by atoms with van der Waals surface area (Å²) in [5, 5.41) is 12.5. The minimum atomic E-state index is -4.30. The van der Waals surface area contributed by atoms with Gasteiger partial charge in [-0.3, -0.25) is 9.40 Å². The van der Waals surface area contributed by atoms with Crippen LogP contribution < -0.4 is 4.72 Å². The second-order valence-corrected chi connectivity index (χ2v) is 6.69. The lowest BCUT2D eigenvalue weighted by atomic mass is 10.2. The molecule has 0 saturated heterocycles. The van der Waals surface area contributed by atoms with E-state index in [4.69, 9.17) is 5.26 Å². The summed E-state index contributed by atoms with van der Waals surface area (Å²) in [6.45, 7) is -0.794. The Morgan fingerprint density at radius 3 is 2.84 bits per heavy atom. The van der Waals surface area contributed by atoms with E-state index in [9.17, 15) is 21.6 Å². The number of hydrogen-bond acceptors (Lipinski definition) is 4. The van der Waals surface area contributed by atoms with Crippen LogP contribution in [0.3, 0.4) is 0 Å². The van der Waals surface area contributed by atoms with Gasteiger partial charge in [0, 0.05) is 17.9 Å². The lowest BCUT2D eigenvalue weighted by Gasteiger charge is -2.05. The van der Waals surface area contributed by atoms with Crippen molar-refractivity contribution in [2.75, 3.05) is 4.72 Å². The molecule has 3 rings (SSSR count). The first-order valence-electron chi connectivity index (χ1n) is 6.86. The van der Waals surface area contributed by atoms with E-state index in [2.05, 4.69) is 10.1 Å². The molecule has 11 heteroatoms. The van der Waals surface area contributed by atoms with Crippen molar-refractivity contribution in [3.8, 4) is 6.07 Å². The van der Waals surface area contributed by atoms with Crippen LogP contribution in [0, 0.1) is 17.1 Å². The van der Waals surface area contributed by atoms with E-state index in [0.717, 1.165) is 23.1 Å². The number of H-pyrrole nitrogens is 1. The van der Waals surface area contributed by atoms with Crippen molar-refractivity contribution >= 4 is 26.7 Å². The van der Waals surface area contributed by atoms with Crippen LogP contribution in [0.1, 0.15) is 5.56 Å². The highest BCUT2D eigenvalue weighted by atomic mass is 32.2. The third-order valence-electron chi connectivity index (χ3n) is 3.35. The molecule has 7 nitrogen and oxygen atoms in total. The van der Waals surface area contributed by atoms with Crippen LogP contribution in [0.2, 0.25) is 0 Å². The first-order valence-corrected chi connectivity index (χ1v) is 8.34. The van der Waals surface area contributed by atoms with E-state index in [-0.39, 0.29) is 21.4 Å². The molecule has 2 aromatic heterocycles. The number of rotatable bonds is 5. The number of anilines is 1.